The Labute approximate surface area is 109 Å². The molecule has 0 saturated heterocycles. The van der Waals surface area contributed by atoms with Gasteiger partial charge in [-0.3, -0.25) is 4.79 Å². The smallest absolute Gasteiger partial charge is 0.305 e. The van der Waals surface area contributed by atoms with E-state index in [2.05, 4.69) is 23.8 Å². The summed E-state index contributed by atoms with van der Waals surface area (Å²) in [6.07, 6.45) is 2.33. The van der Waals surface area contributed by atoms with Gasteiger partial charge in [0, 0.05) is 13.0 Å². The van der Waals surface area contributed by atoms with Crippen molar-refractivity contribution >= 4 is 5.97 Å². The van der Waals surface area contributed by atoms with E-state index in [0.717, 1.165) is 19.4 Å². The Hall–Kier alpha value is -1.35. The van der Waals surface area contributed by atoms with Crippen molar-refractivity contribution in [2.75, 3.05) is 13.7 Å². The van der Waals surface area contributed by atoms with Crippen LogP contribution < -0.4 is 0 Å². The second-order valence-corrected chi connectivity index (χ2v) is 4.55. The first kappa shape index (κ1) is 14.7. The molecule has 0 aliphatic rings. The summed E-state index contributed by atoms with van der Waals surface area (Å²) in [6, 6.07) is 10.1. The first-order valence-electron chi connectivity index (χ1n) is 6.41. The molecule has 0 bridgehead atoms. The van der Waals surface area contributed by atoms with Gasteiger partial charge in [-0.2, -0.15) is 0 Å². The molecule has 18 heavy (non-hydrogen) atoms. The Kier molecular flexibility index (Phi) is 7.11. The van der Waals surface area contributed by atoms with Crippen LogP contribution in [0.15, 0.2) is 30.3 Å². The molecule has 0 radical (unpaired) electrons. The normalized spacial score (nSPS) is 12.1. The Balaban J connectivity index is 2.05. The molecule has 3 nitrogen and oxygen atoms in total. The Bertz CT molecular complexity index is 335. The third kappa shape index (κ3) is 6.40. The molecule has 1 unspecified atom stereocenters. The van der Waals surface area contributed by atoms with Crippen molar-refractivity contribution in [1.29, 1.82) is 0 Å². The quantitative estimate of drug-likeness (QED) is 0.525. The molecule has 0 heterocycles. The number of carbonyl (C=O) groups excluding carboxylic acids is 1. The number of hydrogen-bond acceptors (Lipinski definition) is 3. The van der Waals surface area contributed by atoms with Gasteiger partial charge in [-0.25, -0.2) is 0 Å². The van der Waals surface area contributed by atoms with Crippen molar-refractivity contribution in [3.8, 4) is 0 Å². The number of methoxy groups -OCH3 is 1. The maximum Gasteiger partial charge on any atom is 0.305 e. The monoisotopic (exact) mass is 250 g/mol. The van der Waals surface area contributed by atoms with Gasteiger partial charge in [-0.1, -0.05) is 37.3 Å². The van der Waals surface area contributed by atoms with Gasteiger partial charge in [0.25, 0.3) is 0 Å². The van der Waals surface area contributed by atoms with Crippen LogP contribution in [0, 0.1) is 5.92 Å². The summed E-state index contributed by atoms with van der Waals surface area (Å²) in [6.45, 7) is 3.52. The minimum absolute atomic E-state index is 0.132. The summed E-state index contributed by atoms with van der Waals surface area (Å²) in [5.41, 5.74) is 1.19. The van der Waals surface area contributed by atoms with Gasteiger partial charge in [-0.05, 0) is 24.3 Å². The molecular weight excluding hydrogens is 228 g/mol. The van der Waals surface area contributed by atoms with Crippen LogP contribution in [0.1, 0.15) is 31.7 Å². The van der Waals surface area contributed by atoms with E-state index in [9.17, 15) is 4.79 Å². The summed E-state index contributed by atoms with van der Waals surface area (Å²) < 4.78 is 10.2. The van der Waals surface area contributed by atoms with E-state index < -0.39 is 0 Å². The minimum atomic E-state index is -0.132. The van der Waals surface area contributed by atoms with Crippen LogP contribution in [0.3, 0.4) is 0 Å². The summed E-state index contributed by atoms with van der Waals surface area (Å²) >= 11 is 0. The predicted molar refractivity (Wildman–Crippen MR) is 71.1 cm³/mol. The fourth-order valence-corrected chi connectivity index (χ4v) is 1.66. The number of ether oxygens (including phenoxy) is 2. The number of benzene rings is 1. The Morgan fingerprint density at radius 2 is 1.94 bits per heavy atom. The average molecular weight is 250 g/mol. The molecule has 1 aromatic rings. The Morgan fingerprint density at radius 1 is 1.22 bits per heavy atom. The van der Waals surface area contributed by atoms with E-state index in [1.165, 1.54) is 12.7 Å². The fourth-order valence-electron chi connectivity index (χ4n) is 1.66. The highest BCUT2D eigenvalue weighted by Crippen LogP contribution is 2.11. The maximum absolute atomic E-state index is 11.0. The van der Waals surface area contributed by atoms with E-state index in [1.54, 1.807) is 0 Å². The van der Waals surface area contributed by atoms with Gasteiger partial charge in [-0.15, -0.1) is 0 Å². The largest absolute Gasteiger partial charge is 0.469 e. The summed E-state index contributed by atoms with van der Waals surface area (Å²) in [4.78, 5) is 11.0. The molecule has 1 aromatic carbocycles. The second-order valence-electron chi connectivity index (χ2n) is 4.55. The molecule has 0 amide bonds. The molecule has 0 aliphatic heterocycles. The zero-order valence-corrected chi connectivity index (χ0v) is 11.2. The van der Waals surface area contributed by atoms with Crippen LogP contribution >= 0.6 is 0 Å². The van der Waals surface area contributed by atoms with Crippen molar-refractivity contribution in [3.63, 3.8) is 0 Å². The lowest BCUT2D eigenvalue weighted by Crippen LogP contribution is -2.06. The molecule has 1 rings (SSSR count). The van der Waals surface area contributed by atoms with E-state index >= 15 is 0 Å². The molecule has 0 aliphatic carbocycles. The highest BCUT2D eigenvalue weighted by Gasteiger charge is 2.06. The molecule has 3 heteroatoms. The average Bonchev–Trinajstić information content (AvgIpc) is 2.42. The van der Waals surface area contributed by atoms with Gasteiger partial charge >= 0.3 is 5.97 Å². The first-order valence-corrected chi connectivity index (χ1v) is 6.41. The van der Waals surface area contributed by atoms with Gasteiger partial charge in [0.15, 0.2) is 0 Å². The first-order chi connectivity index (χ1) is 8.72. The number of hydrogen-bond donors (Lipinski definition) is 0. The predicted octanol–water partition coefficient (Wildman–Crippen LogP) is 3.18. The lowest BCUT2D eigenvalue weighted by atomic mass is 10.0. The highest BCUT2D eigenvalue weighted by atomic mass is 16.5. The number of carbonyl (C=O) groups is 1. The van der Waals surface area contributed by atoms with E-state index in [1.807, 2.05) is 18.2 Å². The third-order valence-corrected chi connectivity index (χ3v) is 2.94. The fraction of sp³-hybridized carbons (Fsp3) is 0.533. The van der Waals surface area contributed by atoms with Crippen LogP contribution in [0.5, 0.6) is 0 Å². The van der Waals surface area contributed by atoms with Crippen molar-refractivity contribution in [2.24, 2.45) is 5.92 Å². The van der Waals surface area contributed by atoms with E-state index in [0.29, 0.717) is 18.9 Å². The molecular formula is C15H22O3. The van der Waals surface area contributed by atoms with Crippen LogP contribution in [0.2, 0.25) is 0 Å². The van der Waals surface area contributed by atoms with Gasteiger partial charge in [0.2, 0.25) is 0 Å². The van der Waals surface area contributed by atoms with Crippen molar-refractivity contribution in [1.82, 2.24) is 0 Å². The van der Waals surface area contributed by atoms with Crippen molar-refractivity contribution < 1.29 is 14.3 Å². The summed E-state index contributed by atoms with van der Waals surface area (Å²) in [5.74, 6) is 0.354. The van der Waals surface area contributed by atoms with Crippen LogP contribution in [-0.2, 0) is 20.9 Å². The van der Waals surface area contributed by atoms with Crippen LogP contribution in [0.4, 0.5) is 0 Å². The van der Waals surface area contributed by atoms with Gasteiger partial charge in [0.1, 0.15) is 0 Å². The number of esters is 1. The van der Waals surface area contributed by atoms with E-state index in [4.69, 9.17) is 4.74 Å². The van der Waals surface area contributed by atoms with Crippen LogP contribution in [0.25, 0.3) is 0 Å². The second kappa shape index (κ2) is 8.70. The zero-order chi connectivity index (χ0) is 13.2. The lowest BCUT2D eigenvalue weighted by molar-refractivity contribution is -0.140. The maximum atomic E-state index is 11.0. The molecule has 1 atom stereocenters. The van der Waals surface area contributed by atoms with Crippen molar-refractivity contribution in [2.45, 2.75) is 32.8 Å². The Morgan fingerprint density at radius 3 is 2.61 bits per heavy atom. The minimum Gasteiger partial charge on any atom is -0.469 e. The highest BCUT2D eigenvalue weighted by molar-refractivity contribution is 5.69. The van der Waals surface area contributed by atoms with Crippen molar-refractivity contribution in [3.05, 3.63) is 35.9 Å². The van der Waals surface area contributed by atoms with Gasteiger partial charge < -0.3 is 9.47 Å². The summed E-state index contributed by atoms with van der Waals surface area (Å²) in [7, 11) is 1.43. The molecule has 0 fully saturated rings. The lowest BCUT2D eigenvalue weighted by Gasteiger charge is -2.10. The third-order valence-electron chi connectivity index (χ3n) is 2.94. The van der Waals surface area contributed by atoms with Gasteiger partial charge in [0.05, 0.1) is 13.7 Å². The SMILES string of the molecule is COC(=O)CCC(C)CCOCc1ccccc1. The van der Waals surface area contributed by atoms with E-state index in [-0.39, 0.29) is 5.97 Å². The standard InChI is InChI=1S/C15H22O3/c1-13(8-9-15(16)17-2)10-11-18-12-14-6-4-3-5-7-14/h3-7,13H,8-12H2,1-2H3. The molecule has 0 saturated carbocycles. The molecule has 100 valence electrons. The van der Waals surface area contributed by atoms with Crippen LogP contribution in [-0.4, -0.2) is 19.7 Å². The molecule has 0 aromatic heterocycles. The molecule has 0 spiro atoms. The number of rotatable bonds is 8. The zero-order valence-electron chi connectivity index (χ0n) is 11.2. The summed E-state index contributed by atoms with van der Waals surface area (Å²) in [5, 5.41) is 0. The topological polar surface area (TPSA) is 35.5 Å². The molecule has 0 N–H and O–H groups in total.